The number of nitrogens with zero attached hydrogens (tertiary/aromatic N) is 5. The number of sulfonamides is 1. The number of aryl methyl sites for hydroxylation is 1. The Bertz CT molecular complexity index is 870. The molecule has 136 valence electrons. The van der Waals surface area contributed by atoms with E-state index < -0.39 is 10.0 Å². The number of hydrogen-bond acceptors (Lipinski definition) is 6. The molecular formula is C16H23N5O3S. The molecule has 25 heavy (non-hydrogen) atoms. The number of aromatic nitrogens is 4. The van der Waals surface area contributed by atoms with Gasteiger partial charge in [-0.25, -0.2) is 13.4 Å². The fraction of sp³-hybridized carbons (Fsp3) is 0.688. The van der Waals surface area contributed by atoms with Gasteiger partial charge < -0.3 is 9.09 Å². The van der Waals surface area contributed by atoms with Gasteiger partial charge in [-0.3, -0.25) is 0 Å². The summed E-state index contributed by atoms with van der Waals surface area (Å²) in [6.45, 7) is 5.63. The van der Waals surface area contributed by atoms with Crippen LogP contribution < -0.4 is 0 Å². The molecule has 0 radical (unpaired) electrons. The normalized spacial score (nSPS) is 21.8. The maximum Gasteiger partial charge on any atom is 0.260 e. The number of fused-ring (bicyclic) bond motifs is 1. The molecule has 0 aliphatic carbocycles. The summed E-state index contributed by atoms with van der Waals surface area (Å²) in [5.41, 5.74) is 0. The third kappa shape index (κ3) is 2.89. The van der Waals surface area contributed by atoms with Crippen molar-refractivity contribution in [1.82, 2.24) is 24.0 Å². The average molecular weight is 365 g/mol. The Morgan fingerprint density at radius 1 is 1.28 bits per heavy atom. The molecule has 0 aromatic carbocycles. The molecule has 0 amide bonds. The van der Waals surface area contributed by atoms with E-state index in [4.69, 9.17) is 4.52 Å². The van der Waals surface area contributed by atoms with Crippen LogP contribution in [0.2, 0.25) is 0 Å². The minimum absolute atomic E-state index is 0.0271. The van der Waals surface area contributed by atoms with E-state index in [0.717, 1.165) is 38.1 Å². The molecule has 2 aromatic heterocycles. The molecule has 1 saturated heterocycles. The Balaban J connectivity index is 1.57. The fourth-order valence-corrected chi connectivity index (χ4v) is 5.26. The van der Waals surface area contributed by atoms with E-state index in [1.165, 1.54) is 6.20 Å². The largest absolute Gasteiger partial charge is 0.339 e. The second-order valence-corrected chi connectivity index (χ2v) is 9.00. The van der Waals surface area contributed by atoms with Crippen LogP contribution in [0.3, 0.4) is 0 Å². The van der Waals surface area contributed by atoms with Crippen LogP contribution >= 0.6 is 0 Å². The van der Waals surface area contributed by atoms with Crippen molar-refractivity contribution in [3.05, 3.63) is 23.7 Å². The first-order valence-corrected chi connectivity index (χ1v) is 10.3. The van der Waals surface area contributed by atoms with Gasteiger partial charge in [0.1, 0.15) is 5.82 Å². The topological polar surface area (TPSA) is 94.1 Å². The van der Waals surface area contributed by atoms with E-state index in [1.54, 1.807) is 4.31 Å². The van der Waals surface area contributed by atoms with Crippen molar-refractivity contribution < 1.29 is 12.9 Å². The third-order valence-electron chi connectivity index (χ3n) is 4.99. The quantitative estimate of drug-likeness (QED) is 0.821. The maximum atomic E-state index is 13.1. The summed E-state index contributed by atoms with van der Waals surface area (Å²) in [5, 5.41) is 4.39. The first-order chi connectivity index (χ1) is 12.0. The summed E-state index contributed by atoms with van der Waals surface area (Å²) in [4.78, 5) is 8.73. The van der Waals surface area contributed by atoms with Crippen molar-refractivity contribution >= 4 is 10.0 Å². The van der Waals surface area contributed by atoms with Crippen LogP contribution in [0.25, 0.3) is 0 Å². The van der Waals surface area contributed by atoms with Gasteiger partial charge >= 0.3 is 0 Å². The average Bonchev–Trinajstić information content (AvgIpc) is 3.30. The zero-order valence-electron chi connectivity index (χ0n) is 14.6. The van der Waals surface area contributed by atoms with E-state index >= 15 is 0 Å². The van der Waals surface area contributed by atoms with Crippen LogP contribution in [0, 0.1) is 0 Å². The monoisotopic (exact) mass is 365 g/mol. The van der Waals surface area contributed by atoms with Gasteiger partial charge in [-0.05, 0) is 19.3 Å². The summed E-state index contributed by atoms with van der Waals surface area (Å²) >= 11 is 0. The Hall–Kier alpha value is -1.74. The lowest BCUT2D eigenvalue weighted by molar-refractivity contribution is 0.298. The van der Waals surface area contributed by atoms with Crippen LogP contribution in [-0.2, 0) is 23.0 Å². The van der Waals surface area contributed by atoms with Gasteiger partial charge in [0.15, 0.2) is 10.9 Å². The Morgan fingerprint density at radius 3 is 2.88 bits per heavy atom. The van der Waals surface area contributed by atoms with Crippen molar-refractivity contribution in [1.29, 1.82) is 0 Å². The lowest BCUT2D eigenvalue weighted by Gasteiger charge is -2.30. The summed E-state index contributed by atoms with van der Waals surface area (Å²) < 4.78 is 34.9. The standard InChI is InChI=1S/C16H23N5O3S/c1-11(2)16-18-15(19-24-16)12-5-3-7-20(10-12)25(22,23)14-9-17-13-6-4-8-21(13)14/h9,11-12H,3-8,10H2,1-2H3. The highest BCUT2D eigenvalue weighted by molar-refractivity contribution is 7.89. The van der Waals surface area contributed by atoms with Gasteiger partial charge in [-0.1, -0.05) is 19.0 Å². The van der Waals surface area contributed by atoms with Gasteiger partial charge in [0.25, 0.3) is 10.0 Å². The van der Waals surface area contributed by atoms with Gasteiger partial charge in [0.05, 0.1) is 6.20 Å². The Labute approximate surface area is 147 Å². The van der Waals surface area contributed by atoms with Crippen LogP contribution in [0.15, 0.2) is 15.7 Å². The van der Waals surface area contributed by atoms with Crippen LogP contribution in [-0.4, -0.2) is 45.5 Å². The summed E-state index contributed by atoms with van der Waals surface area (Å²) in [5.74, 6) is 2.22. The fourth-order valence-electron chi connectivity index (χ4n) is 3.59. The second kappa shape index (κ2) is 6.21. The molecule has 8 nitrogen and oxygen atoms in total. The maximum absolute atomic E-state index is 13.1. The Kier molecular flexibility index (Phi) is 4.15. The molecule has 1 unspecified atom stereocenters. The zero-order valence-corrected chi connectivity index (χ0v) is 15.4. The van der Waals surface area contributed by atoms with E-state index in [0.29, 0.717) is 29.8 Å². The SMILES string of the molecule is CC(C)c1nc(C2CCCN(S(=O)(=O)c3cnc4n3CCC4)C2)no1. The van der Waals surface area contributed by atoms with Gasteiger partial charge in [0, 0.05) is 37.9 Å². The lowest BCUT2D eigenvalue weighted by atomic mass is 9.99. The van der Waals surface area contributed by atoms with Crippen molar-refractivity contribution in [3.63, 3.8) is 0 Å². The van der Waals surface area contributed by atoms with Gasteiger partial charge in [0.2, 0.25) is 5.89 Å². The molecule has 0 N–H and O–H groups in total. The highest BCUT2D eigenvalue weighted by Crippen LogP contribution is 2.30. The zero-order chi connectivity index (χ0) is 17.6. The van der Waals surface area contributed by atoms with Crippen LogP contribution in [0.1, 0.15) is 62.5 Å². The van der Waals surface area contributed by atoms with Crippen molar-refractivity contribution in [2.24, 2.45) is 0 Å². The first kappa shape index (κ1) is 16.7. The third-order valence-corrected chi connectivity index (χ3v) is 6.85. The number of piperidine rings is 1. The predicted molar refractivity (Wildman–Crippen MR) is 89.7 cm³/mol. The number of rotatable bonds is 4. The highest BCUT2D eigenvalue weighted by Gasteiger charge is 2.36. The molecular weight excluding hydrogens is 342 g/mol. The molecule has 2 aromatic rings. The molecule has 1 atom stereocenters. The van der Waals surface area contributed by atoms with E-state index in [-0.39, 0.29) is 11.8 Å². The molecule has 4 heterocycles. The molecule has 9 heteroatoms. The van der Waals surface area contributed by atoms with Crippen molar-refractivity contribution in [2.75, 3.05) is 13.1 Å². The number of hydrogen-bond donors (Lipinski definition) is 0. The molecule has 0 saturated carbocycles. The van der Waals surface area contributed by atoms with Gasteiger partial charge in [-0.15, -0.1) is 0 Å². The minimum Gasteiger partial charge on any atom is -0.339 e. The van der Waals surface area contributed by atoms with Crippen molar-refractivity contribution in [3.8, 4) is 0 Å². The second-order valence-electron chi connectivity index (χ2n) is 7.12. The molecule has 0 bridgehead atoms. The smallest absolute Gasteiger partial charge is 0.260 e. The van der Waals surface area contributed by atoms with E-state index in [1.807, 2.05) is 18.4 Å². The van der Waals surface area contributed by atoms with E-state index in [9.17, 15) is 8.42 Å². The Morgan fingerprint density at radius 2 is 2.12 bits per heavy atom. The molecule has 2 aliphatic heterocycles. The van der Waals surface area contributed by atoms with Crippen LogP contribution in [0.5, 0.6) is 0 Å². The lowest BCUT2D eigenvalue weighted by Crippen LogP contribution is -2.40. The van der Waals surface area contributed by atoms with E-state index in [2.05, 4.69) is 15.1 Å². The minimum atomic E-state index is -3.55. The molecule has 0 spiro atoms. The highest BCUT2D eigenvalue weighted by atomic mass is 32.2. The summed E-state index contributed by atoms with van der Waals surface area (Å²) in [7, 11) is -3.55. The first-order valence-electron chi connectivity index (χ1n) is 8.85. The summed E-state index contributed by atoms with van der Waals surface area (Å²) in [6, 6.07) is 0. The van der Waals surface area contributed by atoms with Gasteiger partial charge in [-0.2, -0.15) is 9.29 Å². The molecule has 1 fully saturated rings. The predicted octanol–water partition coefficient (Wildman–Crippen LogP) is 1.90. The molecule has 2 aliphatic rings. The molecule has 4 rings (SSSR count). The number of imidazole rings is 1. The van der Waals surface area contributed by atoms with Crippen LogP contribution in [0.4, 0.5) is 0 Å². The summed E-state index contributed by atoms with van der Waals surface area (Å²) in [6.07, 6.45) is 4.96. The van der Waals surface area contributed by atoms with Crippen molar-refractivity contribution in [2.45, 2.75) is 62.9 Å².